The van der Waals surface area contributed by atoms with Gasteiger partial charge in [-0.25, -0.2) is 0 Å². The highest BCUT2D eigenvalue weighted by atomic mass is 35.5. The number of anilines is 1. The summed E-state index contributed by atoms with van der Waals surface area (Å²) in [5, 5.41) is 0.757. The SMILES string of the molecule is CC1CCCN1C(=O)c1cc(Cl)cc(Cl)c1N. The molecule has 2 N–H and O–H groups in total. The van der Waals surface area contributed by atoms with Crippen LogP contribution in [0.5, 0.6) is 0 Å². The first-order chi connectivity index (χ1) is 8.00. The van der Waals surface area contributed by atoms with Crippen LogP contribution in [0, 0.1) is 0 Å². The molecule has 0 radical (unpaired) electrons. The fourth-order valence-electron chi connectivity index (χ4n) is 2.15. The van der Waals surface area contributed by atoms with Crippen molar-refractivity contribution in [3.8, 4) is 0 Å². The van der Waals surface area contributed by atoms with E-state index in [0.29, 0.717) is 21.3 Å². The molecule has 1 aromatic carbocycles. The van der Waals surface area contributed by atoms with Crippen molar-refractivity contribution in [2.75, 3.05) is 12.3 Å². The lowest BCUT2D eigenvalue weighted by Crippen LogP contribution is -2.34. The highest BCUT2D eigenvalue weighted by Gasteiger charge is 2.27. The van der Waals surface area contributed by atoms with Gasteiger partial charge in [-0.2, -0.15) is 0 Å². The summed E-state index contributed by atoms with van der Waals surface area (Å²) in [7, 11) is 0. The number of nitrogens with zero attached hydrogens (tertiary/aromatic N) is 1. The van der Waals surface area contributed by atoms with Gasteiger partial charge < -0.3 is 10.6 Å². The van der Waals surface area contributed by atoms with Gasteiger partial charge in [0, 0.05) is 17.6 Å². The number of hydrogen-bond acceptors (Lipinski definition) is 2. The molecule has 1 saturated heterocycles. The molecule has 0 spiro atoms. The van der Waals surface area contributed by atoms with Crippen molar-refractivity contribution in [1.29, 1.82) is 0 Å². The van der Waals surface area contributed by atoms with Crippen molar-refractivity contribution < 1.29 is 4.79 Å². The Morgan fingerprint density at radius 2 is 2.18 bits per heavy atom. The Morgan fingerprint density at radius 3 is 2.76 bits per heavy atom. The van der Waals surface area contributed by atoms with Crippen LogP contribution in [0.2, 0.25) is 10.0 Å². The minimum atomic E-state index is -0.0862. The number of benzene rings is 1. The van der Waals surface area contributed by atoms with Crippen molar-refractivity contribution in [2.45, 2.75) is 25.8 Å². The second kappa shape index (κ2) is 4.75. The second-order valence-electron chi connectivity index (χ2n) is 4.34. The van der Waals surface area contributed by atoms with E-state index in [1.54, 1.807) is 12.1 Å². The molecule has 3 nitrogen and oxygen atoms in total. The van der Waals surface area contributed by atoms with Crippen LogP contribution in [0.1, 0.15) is 30.1 Å². The predicted octanol–water partition coefficient (Wildman–Crippen LogP) is 3.20. The zero-order valence-corrected chi connectivity index (χ0v) is 11.1. The van der Waals surface area contributed by atoms with Crippen LogP contribution in [-0.2, 0) is 0 Å². The Labute approximate surface area is 110 Å². The van der Waals surface area contributed by atoms with Crippen LogP contribution in [0.4, 0.5) is 5.69 Å². The molecule has 0 aliphatic carbocycles. The van der Waals surface area contributed by atoms with E-state index < -0.39 is 0 Å². The monoisotopic (exact) mass is 272 g/mol. The molecule has 1 amide bonds. The molecule has 5 heteroatoms. The van der Waals surface area contributed by atoms with Gasteiger partial charge in [-0.05, 0) is 31.9 Å². The number of hydrogen-bond donors (Lipinski definition) is 1. The van der Waals surface area contributed by atoms with Crippen LogP contribution >= 0.6 is 23.2 Å². The van der Waals surface area contributed by atoms with E-state index in [1.807, 2.05) is 11.8 Å². The van der Waals surface area contributed by atoms with Crippen molar-refractivity contribution in [1.82, 2.24) is 4.90 Å². The lowest BCUT2D eigenvalue weighted by molar-refractivity contribution is 0.0748. The molecule has 0 bridgehead atoms. The Hall–Kier alpha value is -0.930. The summed E-state index contributed by atoms with van der Waals surface area (Å²) < 4.78 is 0. The number of carbonyl (C=O) groups is 1. The van der Waals surface area contributed by atoms with E-state index in [9.17, 15) is 4.79 Å². The van der Waals surface area contributed by atoms with Gasteiger partial charge in [0.25, 0.3) is 5.91 Å². The summed E-state index contributed by atoms with van der Waals surface area (Å²) in [5.74, 6) is -0.0862. The summed E-state index contributed by atoms with van der Waals surface area (Å²) in [5.41, 5.74) is 6.53. The van der Waals surface area contributed by atoms with E-state index in [1.165, 1.54) is 0 Å². The van der Waals surface area contributed by atoms with Gasteiger partial charge in [0.2, 0.25) is 0 Å². The number of nitrogens with two attached hydrogens (primary N) is 1. The topological polar surface area (TPSA) is 46.3 Å². The molecule has 1 aliphatic rings. The number of halogens is 2. The molecule has 1 heterocycles. The number of likely N-dealkylation sites (tertiary alicyclic amines) is 1. The third-order valence-corrected chi connectivity index (χ3v) is 3.67. The number of amides is 1. The molecule has 0 saturated carbocycles. The highest BCUT2D eigenvalue weighted by molar-refractivity contribution is 6.37. The van der Waals surface area contributed by atoms with Crippen LogP contribution in [0.3, 0.4) is 0 Å². The van der Waals surface area contributed by atoms with Crippen molar-refractivity contribution in [3.63, 3.8) is 0 Å². The highest BCUT2D eigenvalue weighted by Crippen LogP contribution is 2.30. The quantitative estimate of drug-likeness (QED) is 0.799. The summed E-state index contributed by atoms with van der Waals surface area (Å²) in [4.78, 5) is 14.1. The molecular formula is C12H14Cl2N2O. The zero-order valence-electron chi connectivity index (χ0n) is 9.54. The molecule has 1 aromatic rings. The lowest BCUT2D eigenvalue weighted by atomic mass is 10.1. The molecule has 0 aromatic heterocycles. The summed E-state index contributed by atoms with van der Waals surface area (Å²) in [6.07, 6.45) is 2.06. The van der Waals surface area contributed by atoms with Gasteiger partial charge in [-0.3, -0.25) is 4.79 Å². The van der Waals surface area contributed by atoms with Gasteiger partial charge in [0.05, 0.1) is 16.3 Å². The molecule has 1 aliphatic heterocycles. The Morgan fingerprint density at radius 1 is 1.47 bits per heavy atom. The third-order valence-electron chi connectivity index (χ3n) is 3.14. The van der Waals surface area contributed by atoms with E-state index in [0.717, 1.165) is 19.4 Å². The van der Waals surface area contributed by atoms with E-state index in [-0.39, 0.29) is 11.9 Å². The van der Waals surface area contributed by atoms with Crippen LogP contribution in [-0.4, -0.2) is 23.4 Å². The van der Waals surface area contributed by atoms with E-state index in [4.69, 9.17) is 28.9 Å². The van der Waals surface area contributed by atoms with Crippen molar-refractivity contribution >= 4 is 34.8 Å². The van der Waals surface area contributed by atoms with Crippen molar-refractivity contribution in [2.24, 2.45) is 0 Å². The average Bonchev–Trinajstić information content (AvgIpc) is 2.69. The van der Waals surface area contributed by atoms with Crippen LogP contribution < -0.4 is 5.73 Å². The maximum Gasteiger partial charge on any atom is 0.256 e. The van der Waals surface area contributed by atoms with E-state index in [2.05, 4.69) is 0 Å². The van der Waals surface area contributed by atoms with Gasteiger partial charge in [-0.1, -0.05) is 23.2 Å². The van der Waals surface area contributed by atoms with Crippen LogP contribution in [0.15, 0.2) is 12.1 Å². The molecule has 92 valence electrons. The minimum Gasteiger partial charge on any atom is -0.397 e. The summed E-state index contributed by atoms with van der Waals surface area (Å²) in [6, 6.07) is 3.37. The van der Waals surface area contributed by atoms with Gasteiger partial charge >= 0.3 is 0 Å². The van der Waals surface area contributed by atoms with Gasteiger partial charge in [0.15, 0.2) is 0 Å². The predicted molar refractivity (Wildman–Crippen MR) is 70.6 cm³/mol. The summed E-state index contributed by atoms with van der Waals surface area (Å²) in [6.45, 7) is 2.80. The smallest absolute Gasteiger partial charge is 0.256 e. The number of carbonyl (C=O) groups excluding carboxylic acids is 1. The largest absolute Gasteiger partial charge is 0.397 e. The molecule has 1 fully saturated rings. The molecule has 1 atom stereocenters. The first kappa shape index (κ1) is 12.5. The first-order valence-electron chi connectivity index (χ1n) is 5.56. The maximum absolute atomic E-state index is 12.3. The molecular weight excluding hydrogens is 259 g/mol. The fraction of sp³-hybridized carbons (Fsp3) is 0.417. The maximum atomic E-state index is 12.3. The van der Waals surface area contributed by atoms with E-state index >= 15 is 0 Å². The third kappa shape index (κ3) is 2.35. The minimum absolute atomic E-state index is 0.0862. The van der Waals surface area contributed by atoms with Crippen molar-refractivity contribution in [3.05, 3.63) is 27.7 Å². The van der Waals surface area contributed by atoms with Crippen LogP contribution in [0.25, 0.3) is 0 Å². The Bertz CT molecular complexity index is 462. The summed E-state index contributed by atoms with van der Waals surface area (Å²) >= 11 is 11.8. The molecule has 17 heavy (non-hydrogen) atoms. The Balaban J connectivity index is 2.37. The second-order valence-corrected chi connectivity index (χ2v) is 5.18. The Kier molecular flexibility index (Phi) is 3.50. The average molecular weight is 273 g/mol. The fourth-order valence-corrected chi connectivity index (χ4v) is 2.64. The normalized spacial score (nSPS) is 19.7. The standard InChI is InChI=1S/C12H14Cl2N2O/c1-7-3-2-4-16(7)12(17)9-5-8(13)6-10(14)11(9)15/h5-7H,2-4,15H2,1H3. The number of rotatable bonds is 1. The zero-order chi connectivity index (χ0) is 12.6. The lowest BCUT2D eigenvalue weighted by Gasteiger charge is -2.22. The van der Waals surface area contributed by atoms with Gasteiger partial charge in [0.1, 0.15) is 0 Å². The number of nitrogen functional groups attached to an aromatic ring is 1. The molecule has 2 rings (SSSR count). The molecule has 1 unspecified atom stereocenters. The first-order valence-corrected chi connectivity index (χ1v) is 6.32. The van der Waals surface area contributed by atoms with Gasteiger partial charge in [-0.15, -0.1) is 0 Å².